The molecule has 0 fully saturated rings. The van der Waals surface area contributed by atoms with Crippen molar-refractivity contribution in [1.82, 2.24) is 19.7 Å². The molecule has 0 saturated carbocycles. The molecule has 0 amide bonds. The number of sulfone groups is 1. The molecule has 0 bridgehead atoms. The minimum atomic E-state index is -5.08. The Labute approximate surface area is 218 Å². The van der Waals surface area contributed by atoms with Gasteiger partial charge in [0.25, 0.3) is 0 Å². The summed E-state index contributed by atoms with van der Waals surface area (Å²) in [6, 6.07) is 6.19. The fourth-order valence-corrected chi connectivity index (χ4v) is 4.22. The van der Waals surface area contributed by atoms with Crippen LogP contribution >= 0.6 is 11.6 Å². The Kier molecular flexibility index (Phi) is 9.54. The third-order valence-corrected chi connectivity index (χ3v) is 6.94. The maximum Gasteiger partial charge on any atom is 0.490 e. The van der Waals surface area contributed by atoms with Gasteiger partial charge in [0, 0.05) is 18.5 Å². The van der Waals surface area contributed by atoms with Gasteiger partial charge in [0.05, 0.1) is 15.6 Å². The van der Waals surface area contributed by atoms with Crippen LogP contribution in [0.15, 0.2) is 52.6 Å². The van der Waals surface area contributed by atoms with Gasteiger partial charge in [-0.3, -0.25) is 0 Å². The van der Waals surface area contributed by atoms with Crippen LogP contribution < -0.4 is 15.4 Å². The summed E-state index contributed by atoms with van der Waals surface area (Å²) in [6.45, 7) is 0. The molecular formula is C19H17ClF4N6O6S2. The Hall–Kier alpha value is -3.61. The molecule has 1 aromatic carbocycles. The summed E-state index contributed by atoms with van der Waals surface area (Å²) in [7, 11) is -6.98. The van der Waals surface area contributed by atoms with Gasteiger partial charge in [-0.25, -0.2) is 45.7 Å². The zero-order valence-electron chi connectivity index (χ0n) is 19.1. The Morgan fingerprint density at radius 2 is 1.53 bits per heavy atom. The SMILES string of the molecule is CNS(=O)(=O)c1cc(Nc2cc(Nc3ccc(Cl)cn3)ncn2)c(S(C)(=O)=O)cc1F.O=C(O)C(F)(F)F. The summed E-state index contributed by atoms with van der Waals surface area (Å²) in [5, 5.41) is 13.2. The van der Waals surface area contributed by atoms with Crippen molar-refractivity contribution in [3.63, 3.8) is 0 Å². The number of alkyl halides is 3. The molecule has 3 rings (SSSR count). The Morgan fingerprint density at radius 3 is 2.00 bits per heavy atom. The molecule has 19 heteroatoms. The number of hydrogen-bond donors (Lipinski definition) is 4. The molecule has 0 aliphatic rings. The lowest BCUT2D eigenvalue weighted by molar-refractivity contribution is -0.192. The van der Waals surface area contributed by atoms with Gasteiger partial charge in [-0.05, 0) is 31.3 Å². The number of benzene rings is 1. The average Bonchev–Trinajstić information content (AvgIpc) is 2.81. The van der Waals surface area contributed by atoms with Crippen molar-refractivity contribution in [1.29, 1.82) is 0 Å². The van der Waals surface area contributed by atoms with Crippen molar-refractivity contribution >= 4 is 60.6 Å². The molecule has 0 aliphatic carbocycles. The minimum absolute atomic E-state index is 0.121. The summed E-state index contributed by atoms with van der Waals surface area (Å²) in [5.41, 5.74) is -0.174. The molecule has 0 aliphatic heterocycles. The highest BCUT2D eigenvalue weighted by Gasteiger charge is 2.38. The van der Waals surface area contributed by atoms with E-state index in [4.69, 9.17) is 21.5 Å². The van der Waals surface area contributed by atoms with Gasteiger partial charge in [0.2, 0.25) is 10.0 Å². The van der Waals surface area contributed by atoms with Crippen LogP contribution in [-0.2, 0) is 24.7 Å². The lowest BCUT2D eigenvalue weighted by Gasteiger charge is -2.14. The first-order valence-corrected chi connectivity index (χ1v) is 13.4. The molecule has 12 nitrogen and oxygen atoms in total. The van der Waals surface area contributed by atoms with Gasteiger partial charge >= 0.3 is 12.1 Å². The third kappa shape index (κ3) is 8.47. The highest BCUT2D eigenvalue weighted by Crippen LogP contribution is 2.30. The number of nitrogens with one attached hydrogen (secondary N) is 3. The molecule has 0 saturated heterocycles. The summed E-state index contributed by atoms with van der Waals surface area (Å²) < 4.78 is 96.5. The molecule has 0 atom stereocenters. The lowest BCUT2D eigenvalue weighted by Crippen LogP contribution is -2.21. The summed E-state index contributed by atoms with van der Waals surface area (Å²) >= 11 is 5.80. The summed E-state index contributed by atoms with van der Waals surface area (Å²) in [4.78, 5) is 19.8. The third-order valence-electron chi connectivity index (χ3n) is 4.15. The zero-order chi connectivity index (χ0) is 28.9. The normalized spacial score (nSPS) is 11.8. The van der Waals surface area contributed by atoms with E-state index in [-0.39, 0.29) is 11.5 Å². The number of hydrogen-bond acceptors (Lipinski definition) is 10. The van der Waals surface area contributed by atoms with Crippen molar-refractivity contribution in [2.75, 3.05) is 23.9 Å². The fourth-order valence-electron chi connectivity index (χ4n) is 2.47. The van der Waals surface area contributed by atoms with Crippen LogP contribution in [0.5, 0.6) is 0 Å². The Bertz CT molecular complexity index is 1540. The number of halogens is 5. The molecule has 4 N–H and O–H groups in total. The van der Waals surface area contributed by atoms with Crippen LogP contribution in [0, 0.1) is 5.82 Å². The predicted molar refractivity (Wildman–Crippen MR) is 127 cm³/mol. The number of nitrogens with zero attached hydrogens (tertiary/aromatic N) is 3. The maximum absolute atomic E-state index is 14.4. The summed E-state index contributed by atoms with van der Waals surface area (Å²) in [5.74, 6) is -3.10. The van der Waals surface area contributed by atoms with E-state index in [0.717, 1.165) is 19.4 Å². The van der Waals surface area contributed by atoms with E-state index in [1.165, 1.54) is 18.6 Å². The maximum atomic E-state index is 14.4. The van der Waals surface area contributed by atoms with Crippen LogP contribution in [0.1, 0.15) is 0 Å². The van der Waals surface area contributed by atoms with Crippen LogP contribution in [0.25, 0.3) is 0 Å². The van der Waals surface area contributed by atoms with Crippen molar-refractivity contribution in [2.45, 2.75) is 16.0 Å². The topological polar surface area (TPSA) is 180 Å². The largest absolute Gasteiger partial charge is 0.490 e. The first kappa shape index (κ1) is 30.6. The minimum Gasteiger partial charge on any atom is -0.475 e. The molecule has 3 aromatic rings. The number of aromatic nitrogens is 3. The van der Waals surface area contributed by atoms with E-state index in [9.17, 15) is 34.4 Å². The molecule has 0 spiro atoms. The number of anilines is 4. The first-order chi connectivity index (χ1) is 17.4. The molecule has 0 unspecified atom stereocenters. The van der Waals surface area contributed by atoms with Gasteiger partial charge in [0.15, 0.2) is 9.84 Å². The van der Waals surface area contributed by atoms with Crippen molar-refractivity contribution < 1.29 is 44.3 Å². The number of rotatable bonds is 7. The molecule has 206 valence electrons. The van der Waals surface area contributed by atoms with Gasteiger partial charge in [-0.2, -0.15) is 13.2 Å². The number of carboxylic acid groups (broad SMARTS) is 1. The second-order valence-electron chi connectivity index (χ2n) is 6.96. The second kappa shape index (κ2) is 11.8. The predicted octanol–water partition coefficient (Wildman–Crippen LogP) is 3.10. The van der Waals surface area contributed by atoms with Crippen LogP contribution in [-0.4, -0.2) is 62.3 Å². The quantitative estimate of drug-likeness (QED) is 0.293. The van der Waals surface area contributed by atoms with E-state index in [1.54, 1.807) is 12.1 Å². The first-order valence-electron chi connectivity index (χ1n) is 9.69. The summed E-state index contributed by atoms with van der Waals surface area (Å²) in [6.07, 6.45) is -1.58. The average molecular weight is 601 g/mol. The number of pyridine rings is 1. The fraction of sp³-hybridized carbons (Fsp3) is 0.158. The number of aliphatic carboxylic acids is 1. The molecule has 2 aromatic heterocycles. The van der Waals surface area contributed by atoms with E-state index in [1.807, 2.05) is 4.72 Å². The number of carbonyl (C=O) groups is 1. The molecular weight excluding hydrogens is 584 g/mol. The molecule has 0 radical (unpaired) electrons. The lowest BCUT2D eigenvalue weighted by atomic mass is 10.3. The monoisotopic (exact) mass is 600 g/mol. The van der Waals surface area contributed by atoms with E-state index in [2.05, 4.69) is 25.6 Å². The van der Waals surface area contributed by atoms with Crippen LogP contribution in [0.3, 0.4) is 0 Å². The van der Waals surface area contributed by atoms with Gasteiger partial charge in [-0.1, -0.05) is 11.6 Å². The second-order valence-corrected chi connectivity index (χ2v) is 11.2. The van der Waals surface area contributed by atoms with E-state index >= 15 is 0 Å². The van der Waals surface area contributed by atoms with Crippen molar-refractivity contribution in [3.8, 4) is 0 Å². The smallest absolute Gasteiger partial charge is 0.475 e. The van der Waals surface area contributed by atoms with Crippen molar-refractivity contribution in [2.24, 2.45) is 0 Å². The van der Waals surface area contributed by atoms with Crippen molar-refractivity contribution in [3.05, 3.63) is 53.7 Å². The highest BCUT2D eigenvalue weighted by atomic mass is 35.5. The van der Waals surface area contributed by atoms with Crippen LogP contribution in [0.2, 0.25) is 5.02 Å². The standard InChI is InChI=1S/C17H16ClFN6O4S2.C2HF3O2/c1-20-31(28,29)13-6-12(14(5-11(13)19)30(2,26)27)24-16-7-17(23-9-22-16)25-15-4-3-10(18)8-21-15;3-2(4,5)1(6)7/h3-9,20H,1-2H3,(H2,21,22,23,24,25);(H,6,7). The van der Waals surface area contributed by atoms with Gasteiger partial charge < -0.3 is 15.7 Å². The molecule has 2 heterocycles. The van der Waals surface area contributed by atoms with E-state index in [0.29, 0.717) is 22.7 Å². The van der Waals surface area contributed by atoms with Gasteiger partial charge in [0.1, 0.15) is 34.5 Å². The molecule has 38 heavy (non-hydrogen) atoms. The number of carboxylic acids is 1. The zero-order valence-corrected chi connectivity index (χ0v) is 21.5. The van der Waals surface area contributed by atoms with Gasteiger partial charge in [-0.15, -0.1) is 0 Å². The number of sulfonamides is 1. The van der Waals surface area contributed by atoms with E-state index < -0.39 is 47.6 Å². The van der Waals surface area contributed by atoms with Crippen LogP contribution in [0.4, 0.5) is 40.7 Å². The Balaban J connectivity index is 0.000000638. The Morgan fingerprint density at radius 1 is 0.947 bits per heavy atom. The highest BCUT2D eigenvalue weighted by molar-refractivity contribution is 7.91.